The van der Waals surface area contributed by atoms with Gasteiger partial charge in [0.25, 0.3) is 0 Å². The molecule has 0 spiro atoms. The molecule has 2 N–H and O–H groups in total. The molecule has 0 saturated heterocycles. The number of hydrogen-bond acceptors (Lipinski definition) is 3. The Bertz CT molecular complexity index is 231. The number of ether oxygens (including phenoxy) is 1. The van der Waals surface area contributed by atoms with Gasteiger partial charge in [-0.25, -0.2) is 0 Å². The van der Waals surface area contributed by atoms with Crippen LogP contribution in [-0.4, -0.2) is 42.2 Å². The Morgan fingerprint density at radius 1 is 1.50 bits per heavy atom. The van der Waals surface area contributed by atoms with E-state index in [9.17, 15) is 0 Å². The first kappa shape index (κ1) is 13.9. The van der Waals surface area contributed by atoms with E-state index in [2.05, 4.69) is 18.7 Å². The van der Waals surface area contributed by atoms with Crippen molar-refractivity contribution >= 4 is 17.2 Å². The second-order valence-electron chi connectivity index (χ2n) is 4.83. The van der Waals surface area contributed by atoms with Crippen LogP contribution in [0, 0.1) is 5.92 Å². The van der Waals surface area contributed by atoms with Gasteiger partial charge in [-0.1, -0.05) is 12.2 Å². The van der Waals surface area contributed by atoms with Gasteiger partial charge in [-0.2, -0.15) is 0 Å². The molecule has 3 nitrogen and oxygen atoms in total. The lowest BCUT2D eigenvalue weighted by molar-refractivity contribution is 0.0897. The third-order valence-corrected chi connectivity index (χ3v) is 3.61. The minimum atomic E-state index is 0.420. The molecular weight excluding hydrogens is 220 g/mol. The quantitative estimate of drug-likeness (QED) is 0.661. The van der Waals surface area contributed by atoms with Gasteiger partial charge in [-0.05, 0) is 32.6 Å². The fourth-order valence-electron chi connectivity index (χ4n) is 2.28. The van der Waals surface area contributed by atoms with Crippen LogP contribution in [0.1, 0.15) is 33.1 Å². The van der Waals surface area contributed by atoms with Gasteiger partial charge in [0.15, 0.2) is 0 Å². The van der Waals surface area contributed by atoms with Crippen molar-refractivity contribution in [2.75, 3.05) is 20.3 Å². The van der Waals surface area contributed by atoms with E-state index in [0.29, 0.717) is 17.1 Å². The Hall–Kier alpha value is -0.190. The molecule has 0 aromatic heterocycles. The summed E-state index contributed by atoms with van der Waals surface area (Å²) in [5, 5.41) is 0. The minimum absolute atomic E-state index is 0.420. The maximum atomic E-state index is 5.63. The maximum Gasteiger partial charge on any atom is 0.0742 e. The van der Waals surface area contributed by atoms with Gasteiger partial charge in [-0.15, -0.1) is 0 Å². The van der Waals surface area contributed by atoms with E-state index < -0.39 is 0 Å². The summed E-state index contributed by atoms with van der Waals surface area (Å²) in [6.07, 6.45) is 3.53. The summed E-state index contributed by atoms with van der Waals surface area (Å²) in [4.78, 5) is 3.10. The Kier molecular flexibility index (Phi) is 5.66. The molecule has 1 aliphatic rings. The third-order valence-electron chi connectivity index (χ3n) is 3.44. The first-order valence-corrected chi connectivity index (χ1v) is 6.50. The molecule has 1 fully saturated rings. The van der Waals surface area contributed by atoms with Crippen molar-refractivity contribution in [3.8, 4) is 0 Å². The predicted octanol–water partition coefficient (Wildman–Crippen LogP) is 1.80. The molecule has 1 rings (SSSR count). The van der Waals surface area contributed by atoms with E-state index in [4.69, 9.17) is 22.7 Å². The van der Waals surface area contributed by atoms with Crippen molar-refractivity contribution < 1.29 is 4.74 Å². The molecule has 2 atom stereocenters. The summed E-state index contributed by atoms with van der Waals surface area (Å²) in [7, 11) is 1.75. The van der Waals surface area contributed by atoms with Crippen LogP contribution in [0.15, 0.2) is 0 Å². The molecule has 16 heavy (non-hydrogen) atoms. The molecule has 0 radical (unpaired) electrons. The van der Waals surface area contributed by atoms with Gasteiger partial charge in [0.2, 0.25) is 0 Å². The molecule has 94 valence electrons. The van der Waals surface area contributed by atoms with Crippen molar-refractivity contribution in [1.29, 1.82) is 0 Å². The lowest BCUT2D eigenvalue weighted by Gasteiger charge is -2.34. The predicted molar refractivity (Wildman–Crippen MR) is 71.6 cm³/mol. The van der Waals surface area contributed by atoms with E-state index in [-0.39, 0.29) is 0 Å². The standard InChI is InChI=1S/C12H24N2OS/c1-9(8-12(13)16)14(6-7-15-3)10(2)11-4-5-11/h9-11H,4-8H2,1-3H3,(H2,13,16). The Morgan fingerprint density at radius 3 is 2.56 bits per heavy atom. The summed E-state index contributed by atoms with van der Waals surface area (Å²) in [5.41, 5.74) is 5.63. The zero-order chi connectivity index (χ0) is 12.1. The Morgan fingerprint density at radius 2 is 2.12 bits per heavy atom. The highest BCUT2D eigenvalue weighted by atomic mass is 32.1. The number of thiocarbonyl (C=S) groups is 1. The van der Waals surface area contributed by atoms with Crippen LogP contribution >= 0.6 is 12.2 Å². The van der Waals surface area contributed by atoms with Crippen LogP contribution < -0.4 is 5.73 Å². The SMILES string of the molecule is COCCN(C(C)CC(N)=S)C(C)C1CC1. The second kappa shape index (κ2) is 6.52. The third kappa shape index (κ3) is 4.36. The summed E-state index contributed by atoms with van der Waals surface area (Å²) >= 11 is 4.99. The highest BCUT2D eigenvalue weighted by Gasteiger charge is 2.33. The van der Waals surface area contributed by atoms with Gasteiger partial charge >= 0.3 is 0 Å². The molecule has 4 heteroatoms. The maximum absolute atomic E-state index is 5.63. The Balaban J connectivity index is 2.50. The number of nitrogens with zero attached hydrogens (tertiary/aromatic N) is 1. The van der Waals surface area contributed by atoms with Gasteiger partial charge in [0.1, 0.15) is 0 Å². The van der Waals surface area contributed by atoms with E-state index in [1.807, 2.05) is 0 Å². The van der Waals surface area contributed by atoms with E-state index in [1.165, 1.54) is 12.8 Å². The van der Waals surface area contributed by atoms with Gasteiger partial charge in [-0.3, -0.25) is 4.90 Å². The van der Waals surface area contributed by atoms with Crippen molar-refractivity contribution in [2.24, 2.45) is 11.7 Å². The first-order chi connectivity index (χ1) is 7.56. The second-order valence-corrected chi connectivity index (χ2v) is 5.35. The average molecular weight is 244 g/mol. The summed E-state index contributed by atoms with van der Waals surface area (Å²) < 4.78 is 5.17. The zero-order valence-electron chi connectivity index (χ0n) is 10.6. The summed E-state index contributed by atoms with van der Waals surface area (Å²) in [6, 6.07) is 1.04. The highest BCUT2D eigenvalue weighted by Crippen LogP contribution is 2.35. The molecule has 2 unspecified atom stereocenters. The molecule has 0 aliphatic heterocycles. The van der Waals surface area contributed by atoms with Crippen molar-refractivity contribution in [3.63, 3.8) is 0 Å². The van der Waals surface area contributed by atoms with Crippen LogP contribution in [0.4, 0.5) is 0 Å². The lowest BCUT2D eigenvalue weighted by atomic mass is 10.1. The molecule has 0 aromatic carbocycles. The summed E-state index contributed by atoms with van der Waals surface area (Å²) in [6.45, 7) is 6.26. The fraction of sp³-hybridized carbons (Fsp3) is 0.917. The monoisotopic (exact) mass is 244 g/mol. The lowest BCUT2D eigenvalue weighted by Crippen LogP contribution is -2.44. The molecular formula is C12H24N2OS. The molecule has 0 aromatic rings. The van der Waals surface area contributed by atoms with Crippen LogP contribution in [0.3, 0.4) is 0 Å². The summed E-state index contributed by atoms with van der Waals surface area (Å²) in [5.74, 6) is 0.866. The van der Waals surface area contributed by atoms with Crippen molar-refractivity contribution in [2.45, 2.75) is 45.2 Å². The first-order valence-electron chi connectivity index (χ1n) is 6.09. The smallest absolute Gasteiger partial charge is 0.0742 e. The number of hydrogen-bond donors (Lipinski definition) is 1. The molecule has 0 heterocycles. The topological polar surface area (TPSA) is 38.5 Å². The van der Waals surface area contributed by atoms with Crippen LogP contribution in [0.2, 0.25) is 0 Å². The van der Waals surface area contributed by atoms with Gasteiger partial charge < -0.3 is 10.5 Å². The van der Waals surface area contributed by atoms with Crippen LogP contribution in [0.5, 0.6) is 0 Å². The van der Waals surface area contributed by atoms with Crippen molar-refractivity contribution in [1.82, 2.24) is 4.90 Å². The van der Waals surface area contributed by atoms with Crippen LogP contribution in [0.25, 0.3) is 0 Å². The Labute approximate surface area is 104 Å². The highest BCUT2D eigenvalue weighted by molar-refractivity contribution is 7.80. The molecule has 1 aliphatic carbocycles. The largest absolute Gasteiger partial charge is 0.393 e. The molecule has 0 bridgehead atoms. The fourth-order valence-corrected chi connectivity index (χ4v) is 2.52. The van der Waals surface area contributed by atoms with E-state index in [1.54, 1.807) is 7.11 Å². The number of rotatable bonds is 8. The van der Waals surface area contributed by atoms with Gasteiger partial charge in [0, 0.05) is 32.2 Å². The van der Waals surface area contributed by atoms with Crippen molar-refractivity contribution in [3.05, 3.63) is 0 Å². The van der Waals surface area contributed by atoms with E-state index in [0.717, 1.165) is 25.5 Å². The average Bonchev–Trinajstić information content (AvgIpc) is 2.99. The minimum Gasteiger partial charge on any atom is -0.393 e. The molecule has 1 saturated carbocycles. The normalized spacial score (nSPS) is 19.8. The molecule has 0 amide bonds. The van der Waals surface area contributed by atoms with Crippen LogP contribution in [-0.2, 0) is 4.74 Å². The van der Waals surface area contributed by atoms with Gasteiger partial charge in [0.05, 0.1) is 11.6 Å². The number of methoxy groups -OCH3 is 1. The number of nitrogens with two attached hydrogens (primary N) is 1. The zero-order valence-corrected chi connectivity index (χ0v) is 11.4. The van der Waals surface area contributed by atoms with E-state index >= 15 is 0 Å².